The molecular weight excluding hydrogens is 248 g/mol. The normalized spacial score (nSPS) is 15.1. The predicted molar refractivity (Wildman–Crippen MR) is 85.1 cm³/mol. The average Bonchev–Trinajstić information content (AvgIpc) is 2.42. The maximum absolute atomic E-state index is 9.06. The molecule has 0 saturated heterocycles. The Balaban J connectivity index is 1.94. The monoisotopic (exact) mass is 276 g/mol. The summed E-state index contributed by atoms with van der Waals surface area (Å²) in [4.78, 5) is 2.48. The fourth-order valence-corrected chi connectivity index (χ4v) is 2.68. The minimum atomic E-state index is 0.280. The zero-order chi connectivity index (χ0) is 14.2. The summed E-state index contributed by atoms with van der Waals surface area (Å²) in [6.45, 7) is 5.46. The molecule has 0 unspecified atom stereocenters. The summed E-state index contributed by atoms with van der Waals surface area (Å²) in [5, 5.41) is 12.5. The molecule has 0 atom stereocenters. The first-order valence-corrected chi connectivity index (χ1v) is 8.02. The lowest BCUT2D eigenvalue weighted by Gasteiger charge is -2.39. The van der Waals surface area contributed by atoms with Crippen LogP contribution < -0.4 is 10.2 Å². The molecule has 1 aliphatic rings. The zero-order valence-electron chi connectivity index (χ0n) is 12.6. The number of aliphatic hydroxyl groups is 1. The number of anilines is 1. The fourth-order valence-electron chi connectivity index (χ4n) is 2.68. The molecule has 0 spiro atoms. The fraction of sp³-hybridized carbons (Fsp3) is 0.647. The van der Waals surface area contributed by atoms with E-state index in [0.717, 1.165) is 26.1 Å². The molecule has 0 bridgehead atoms. The molecule has 3 heteroatoms. The molecular formula is C17H28N2O. The van der Waals surface area contributed by atoms with Gasteiger partial charge in [-0.3, -0.25) is 0 Å². The Morgan fingerprint density at radius 3 is 2.55 bits per heavy atom. The summed E-state index contributed by atoms with van der Waals surface area (Å²) in [6.07, 6.45) is 5.97. The Kier molecular flexibility index (Phi) is 6.34. The summed E-state index contributed by atoms with van der Waals surface area (Å²) in [6, 6.07) is 9.60. The molecule has 1 saturated carbocycles. The molecule has 2 N–H and O–H groups in total. The van der Waals surface area contributed by atoms with Crippen LogP contribution in [0.3, 0.4) is 0 Å². The third-order valence-corrected chi connectivity index (χ3v) is 4.10. The van der Waals surface area contributed by atoms with Gasteiger partial charge in [-0.05, 0) is 56.3 Å². The molecule has 3 nitrogen and oxygen atoms in total. The number of benzene rings is 1. The van der Waals surface area contributed by atoms with Gasteiger partial charge in [-0.2, -0.15) is 0 Å². The van der Waals surface area contributed by atoms with E-state index < -0.39 is 0 Å². The van der Waals surface area contributed by atoms with Crippen molar-refractivity contribution in [3.63, 3.8) is 0 Å². The first-order chi connectivity index (χ1) is 9.85. The molecule has 1 aliphatic carbocycles. The molecule has 1 aromatic rings. The standard InChI is InChI=1S/C17H28N2O/c1-2-11-18-14-15-7-9-17(10-8-15)19(12-4-13-20)16-5-3-6-16/h7-10,16,18,20H,2-6,11-14H2,1H3. The highest BCUT2D eigenvalue weighted by Crippen LogP contribution is 2.29. The number of hydrogen-bond acceptors (Lipinski definition) is 3. The SMILES string of the molecule is CCCNCc1ccc(N(CCCO)C2CCC2)cc1. The first-order valence-electron chi connectivity index (χ1n) is 8.02. The Morgan fingerprint density at radius 2 is 2.00 bits per heavy atom. The van der Waals surface area contributed by atoms with Crippen LogP contribution in [0.2, 0.25) is 0 Å². The van der Waals surface area contributed by atoms with Gasteiger partial charge in [0.05, 0.1) is 0 Å². The molecule has 0 aliphatic heterocycles. The Hall–Kier alpha value is -1.06. The van der Waals surface area contributed by atoms with Crippen molar-refractivity contribution >= 4 is 5.69 Å². The van der Waals surface area contributed by atoms with Crippen molar-refractivity contribution in [3.8, 4) is 0 Å². The van der Waals surface area contributed by atoms with Crippen molar-refractivity contribution in [1.29, 1.82) is 0 Å². The molecule has 0 heterocycles. The Morgan fingerprint density at radius 1 is 1.25 bits per heavy atom. The van der Waals surface area contributed by atoms with Gasteiger partial charge in [0.2, 0.25) is 0 Å². The molecule has 0 radical (unpaired) electrons. The van der Waals surface area contributed by atoms with E-state index in [0.29, 0.717) is 6.04 Å². The van der Waals surface area contributed by atoms with Gasteiger partial charge in [0.15, 0.2) is 0 Å². The lowest BCUT2D eigenvalue weighted by atomic mass is 9.91. The van der Waals surface area contributed by atoms with Gasteiger partial charge in [-0.15, -0.1) is 0 Å². The topological polar surface area (TPSA) is 35.5 Å². The van der Waals surface area contributed by atoms with E-state index in [1.54, 1.807) is 0 Å². The van der Waals surface area contributed by atoms with Crippen molar-refractivity contribution in [3.05, 3.63) is 29.8 Å². The highest BCUT2D eigenvalue weighted by Gasteiger charge is 2.24. The Bertz CT molecular complexity index is 373. The summed E-state index contributed by atoms with van der Waals surface area (Å²) < 4.78 is 0. The molecule has 0 aromatic heterocycles. The van der Waals surface area contributed by atoms with Gasteiger partial charge in [0.1, 0.15) is 0 Å². The number of aliphatic hydroxyl groups excluding tert-OH is 1. The van der Waals surface area contributed by atoms with Crippen molar-refractivity contribution in [2.75, 3.05) is 24.6 Å². The Labute approximate surface area is 123 Å². The maximum Gasteiger partial charge on any atom is 0.0447 e. The van der Waals surface area contributed by atoms with Gasteiger partial charge in [-0.25, -0.2) is 0 Å². The highest BCUT2D eigenvalue weighted by atomic mass is 16.3. The average molecular weight is 276 g/mol. The van der Waals surface area contributed by atoms with E-state index in [1.165, 1.54) is 36.9 Å². The van der Waals surface area contributed by atoms with Crippen LogP contribution in [0.15, 0.2) is 24.3 Å². The van der Waals surface area contributed by atoms with E-state index in [9.17, 15) is 0 Å². The van der Waals surface area contributed by atoms with Crippen LogP contribution in [0, 0.1) is 0 Å². The summed E-state index contributed by atoms with van der Waals surface area (Å²) in [5.74, 6) is 0. The maximum atomic E-state index is 9.06. The largest absolute Gasteiger partial charge is 0.396 e. The molecule has 1 aromatic carbocycles. The van der Waals surface area contributed by atoms with Gasteiger partial charge in [0.25, 0.3) is 0 Å². The zero-order valence-corrected chi connectivity index (χ0v) is 12.6. The minimum Gasteiger partial charge on any atom is -0.396 e. The minimum absolute atomic E-state index is 0.280. The number of hydrogen-bond donors (Lipinski definition) is 2. The summed E-state index contributed by atoms with van der Waals surface area (Å²) >= 11 is 0. The van der Waals surface area contributed by atoms with Crippen LogP contribution in [0.4, 0.5) is 5.69 Å². The van der Waals surface area contributed by atoms with E-state index in [4.69, 9.17) is 5.11 Å². The van der Waals surface area contributed by atoms with Crippen LogP contribution in [0.5, 0.6) is 0 Å². The second kappa shape index (κ2) is 8.28. The van der Waals surface area contributed by atoms with Crippen molar-refractivity contribution in [2.45, 2.75) is 51.6 Å². The number of rotatable bonds is 9. The first kappa shape index (κ1) is 15.3. The lowest BCUT2D eigenvalue weighted by Crippen LogP contribution is -2.41. The molecule has 0 amide bonds. The molecule has 112 valence electrons. The second-order valence-electron chi connectivity index (χ2n) is 5.70. The van der Waals surface area contributed by atoms with Crippen LogP contribution in [0.25, 0.3) is 0 Å². The second-order valence-corrected chi connectivity index (χ2v) is 5.70. The number of nitrogens with one attached hydrogen (secondary N) is 1. The smallest absolute Gasteiger partial charge is 0.0447 e. The van der Waals surface area contributed by atoms with Gasteiger partial charge >= 0.3 is 0 Å². The third kappa shape index (κ3) is 4.22. The lowest BCUT2D eigenvalue weighted by molar-refractivity contribution is 0.283. The van der Waals surface area contributed by atoms with Gasteiger partial charge < -0.3 is 15.3 Å². The predicted octanol–water partition coefficient (Wildman–Crippen LogP) is 2.93. The van der Waals surface area contributed by atoms with E-state index in [-0.39, 0.29) is 6.61 Å². The van der Waals surface area contributed by atoms with Crippen molar-refractivity contribution in [2.24, 2.45) is 0 Å². The molecule has 1 fully saturated rings. The van der Waals surface area contributed by atoms with Crippen molar-refractivity contribution in [1.82, 2.24) is 5.32 Å². The molecule has 2 rings (SSSR count). The van der Waals surface area contributed by atoms with Crippen molar-refractivity contribution < 1.29 is 5.11 Å². The van der Waals surface area contributed by atoms with Crippen LogP contribution in [0.1, 0.15) is 44.6 Å². The third-order valence-electron chi connectivity index (χ3n) is 4.10. The van der Waals surface area contributed by atoms with E-state index >= 15 is 0 Å². The highest BCUT2D eigenvalue weighted by molar-refractivity contribution is 5.49. The summed E-state index contributed by atoms with van der Waals surface area (Å²) in [5.41, 5.74) is 2.65. The van der Waals surface area contributed by atoms with Gasteiger partial charge in [-0.1, -0.05) is 19.1 Å². The molecule has 20 heavy (non-hydrogen) atoms. The van der Waals surface area contributed by atoms with Crippen LogP contribution >= 0.6 is 0 Å². The summed E-state index contributed by atoms with van der Waals surface area (Å²) in [7, 11) is 0. The van der Waals surface area contributed by atoms with Crippen LogP contribution in [-0.2, 0) is 6.54 Å². The van der Waals surface area contributed by atoms with E-state index in [2.05, 4.69) is 41.4 Å². The number of nitrogens with zero attached hydrogens (tertiary/aromatic N) is 1. The quantitative estimate of drug-likeness (QED) is 0.681. The van der Waals surface area contributed by atoms with Gasteiger partial charge in [0, 0.05) is 31.4 Å². The van der Waals surface area contributed by atoms with Crippen LogP contribution in [-0.4, -0.2) is 30.8 Å². The van der Waals surface area contributed by atoms with E-state index in [1.807, 2.05) is 0 Å².